The lowest BCUT2D eigenvalue weighted by Crippen LogP contribution is -2.10. The molecule has 7 heteroatoms. The van der Waals surface area contributed by atoms with Gasteiger partial charge < -0.3 is 4.74 Å². The van der Waals surface area contributed by atoms with E-state index in [0.717, 1.165) is 5.56 Å². The summed E-state index contributed by atoms with van der Waals surface area (Å²) >= 11 is 6.01. The molecule has 2 rings (SSSR count). The van der Waals surface area contributed by atoms with Gasteiger partial charge in [0, 0.05) is 16.8 Å². The summed E-state index contributed by atoms with van der Waals surface area (Å²) in [5.74, 6) is -0.153. The molecule has 0 bridgehead atoms. The minimum absolute atomic E-state index is 0.286. The first-order valence-electron chi connectivity index (χ1n) is 6.66. The Bertz CT molecular complexity index is 704. The van der Waals surface area contributed by atoms with Crippen molar-refractivity contribution < 1.29 is 9.53 Å². The molecule has 114 valence electrons. The number of hydrogen-bond donors (Lipinski definition) is 1. The highest BCUT2D eigenvalue weighted by Gasteiger charge is 2.12. The first-order chi connectivity index (χ1) is 10.6. The fraction of sp³-hybridized carbons (Fsp3) is 0.200. The molecule has 0 aliphatic carbocycles. The summed E-state index contributed by atoms with van der Waals surface area (Å²) in [6.45, 7) is 3.75. The molecule has 0 aliphatic heterocycles. The molecule has 0 amide bonds. The van der Waals surface area contributed by atoms with Crippen LogP contribution in [0.15, 0.2) is 35.6 Å². The van der Waals surface area contributed by atoms with Crippen molar-refractivity contribution in [3.63, 3.8) is 0 Å². The van der Waals surface area contributed by atoms with Crippen LogP contribution in [0.4, 0.5) is 5.95 Å². The fourth-order valence-corrected chi connectivity index (χ4v) is 1.85. The van der Waals surface area contributed by atoms with Crippen LogP contribution >= 0.6 is 11.6 Å². The number of aromatic nitrogens is 2. The van der Waals surface area contributed by atoms with Gasteiger partial charge in [0.05, 0.1) is 24.1 Å². The van der Waals surface area contributed by atoms with Crippen LogP contribution < -0.4 is 5.43 Å². The topological polar surface area (TPSA) is 76.5 Å². The van der Waals surface area contributed by atoms with E-state index in [4.69, 9.17) is 16.3 Å². The van der Waals surface area contributed by atoms with Gasteiger partial charge in [0.1, 0.15) is 0 Å². The number of aryl methyl sites for hydroxylation is 1. The van der Waals surface area contributed by atoms with Gasteiger partial charge in [0.2, 0.25) is 5.95 Å². The van der Waals surface area contributed by atoms with E-state index in [0.29, 0.717) is 22.9 Å². The molecular weight excluding hydrogens is 304 g/mol. The number of carbonyl (C=O) groups excluding carboxylic acids is 1. The van der Waals surface area contributed by atoms with Crippen LogP contribution in [0.2, 0.25) is 5.02 Å². The SMILES string of the molecule is CCOC(=O)c1cnc(N/N=C/c2ccccc2Cl)nc1C. The van der Waals surface area contributed by atoms with Gasteiger partial charge >= 0.3 is 5.97 Å². The average molecular weight is 319 g/mol. The maximum atomic E-state index is 11.6. The number of benzene rings is 1. The van der Waals surface area contributed by atoms with Crippen molar-refractivity contribution in [2.24, 2.45) is 5.10 Å². The largest absolute Gasteiger partial charge is 0.462 e. The van der Waals surface area contributed by atoms with Crippen molar-refractivity contribution in [3.8, 4) is 0 Å². The highest BCUT2D eigenvalue weighted by atomic mass is 35.5. The highest BCUT2D eigenvalue weighted by molar-refractivity contribution is 6.33. The number of carbonyl (C=O) groups is 1. The van der Waals surface area contributed by atoms with E-state index in [2.05, 4.69) is 20.5 Å². The second kappa shape index (κ2) is 7.51. The summed E-state index contributed by atoms with van der Waals surface area (Å²) in [5.41, 5.74) is 4.32. The first-order valence-corrected chi connectivity index (χ1v) is 7.04. The maximum Gasteiger partial charge on any atom is 0.341 e. The van der Waals surface area contributed by atoms with Gasteiger partial charge in [-0.25, -0.2) is 20.2 Å². The molecule has 0 fully saturated rings. The molecule has 0 saturated carbocycles. The third-order valence-electron chi connectivity index (χ3n) is 2.75. The number of anilines is 1. The molecule has 0 radical (unpaired) electrons. The minimum atomic E-state index is -0.439. The molecule has 0 saturated heterocycles. The molecule has 1 heterocycles. The molecule has 6 nitrogen and oxygen atoms in total. The van der Waals surface area contributed by atoms with Crippen LogP contribution in [-0.4, -0.2) is 28.8 Å². The van der Waals surface area contributed by atoms with Gasteiger partial charge in [-0.3, -0.25) is 0 Å². The summed E-state index contributed by atoms with van der Waals surface area (Å²) in [4.78, 5) is 19.8. The Hall–Kier alpha value is -2.47. The highest BCUT2D eigenvalue weighted by Crippen LogP contribution is 2.13. The molecule has 0 atom stereocenters. The summed E-state index contributed by atoms with van der Waals surface area (Å²) in [5, 5.41) is 4.62. The number of hydrogen-bond acceptors (Lipinski definition) is 6. The molecule has 1 N–H and O–H groups in total. The summed E-state index contributed by atoms with van der Waals surface area (Å²) in [6.07, 6.45) is 2.98. The lowest BCUT2D eigenvalue weighted by Gasteiger charge is -2.05. The number of rotatable bonds is 5. The predicted molar refractivity (Wildman–Crippen MR) is 85.4 cm³/mol. The molecule has 2 aromatic rings. The molecule has 22 heavy (non-hydrogen) atoms. The van der Waals surface area contributed by atoms with Crippen LogP contribution in [0.1, 0.15) is 28.5 Å². The molecule has 0 unspecified atom stereocenters. The third-order valence-corrected chi connectivity index (χ3v) is 3.09. The van der Waals surface area contributed by atoms with Gasteiger partial charge in [0.25, 0.3) is 0 Å². The van der Waals surface area contributed by atoms with E-state index in [9.17, 15) is 4.79 Å². The van der Waals surface area contributed by atoms with Crippen LogP contribution in [0.3, 0.4) is 0 Å². The van der Waals surface area contributed by atoms with Crippen molar-refractivity contribution in [2.75, 3.05) is 12.0 Å². The van der Waals surface area contributed by atoms with Crippen molar-refractivity contribution in [1.29, 1.82) is 0 Å². The van der Waals surface area contributed by atoms with Gasteiger partial charge in [0.15, 0.2) is 0 Å². The maximum absolute atomic E-state index is 11.6. The zero-order valence-corrected chi connectivity index (χ0v) is 13.0. The molecular formula is C15H15ClN4O2. The summed E-state index contributed by atoms with van der Waals surface area (Å²) in [6, 6.07) is 7.32. The monoisotopic (exact) mass is 318 g/mol. The van der Waals surface area contributed by atoms with Crippen LogP contribution in [-0.2, 0) is 4.74 Å². The lowest BCUT2D eigenvalue weighted by atomic mass is 10.2. The van der Waals surface area contributed by atoms with Gasteiger partial charge in [-0.05, 0) is 19.9 Å². The van der Waals surface area contributed by atoms with Crippen molar-refractivity contribution >= 4 is 29.7 Å². The van der Waals surface area contributed by atoms with Gasteiger partial charge in [-0.2, -0.15) is 5.10 Å². The Morgan fingerprint density at radius 2 is 2.23 bits per heavy atom. The first kappa shape index (κ1) is 15.9. The minimum Gasteiger partial charge on any atom is -0.462 e. The normalized spacial score (nSPS) is 10.7. The Morgan fingerprint density at radius 1 is 1.45 bits per heavy atom. The van der Waals surface area contributed by atoms with Crippen molar-refractivity contribution in [3.05, 3.63) is 52.3 Å². The van der Waals surface area contributed by atoms with Gasteiger partial charge in [-0.1, -0.05) is 29.8 Å². The van der Waals surface area contributed by atoms with E-state index < -0.39 is 5.97 Å². The number of ether oxygens (including phenoxy) is 1. The van der Waals surface area contributed by atoms with E-state index in [1.807, 2.05) is 18.2 Å². The molecule has 1 aromatic heterocycles. The van der Waals surface area contributed by atoms with E-state index in [-0.39, 0.29) is 5.95 Å². The Morgan fingerprint density at radius 3 is 2.91 bits per heavy atom. The van der Waals surface area contributed by atoms with Crippen LogP contribution in [0, 0.1) is 6.92 Å². The summed E-state index contributed by atoms with van der Waals surface area (Å²) < 4.78 is 4.92. The number of hydrazone groups is 1. The zero-order chi connectivity index (χ0) is 15.9. The number of nitrogens with zero attached hydrogens (tertiary/aromatic N) is 3. The predicted octanol–water partition coefficient (Wildman–Crippen LogP) is 3.06. The fourth-order valence-electron chi connectivity index (χ4n) is 1.67. The number of esters is 1. The zero-order valence-electron chi connectivity index (χ0n) is 12.2. The number of halogens is 1. The molecule has 0 aliphatic rings. The van der Waals surface area contributed by atoms with Crippen molar-refractivity contribution in [2.45, 2.75) is 13.8 Å². The Balaban J connectivity index is 2.07. The van der Waals surface area contributed by atoms with Crippen LogP contribution in [0.25, 0.3) is 0 Å². The second-order valence-corrected chi connectivity index (χ2v) is 4.71. The van der Waals surface area contributed by atoms with Crippen molar-refractivity contribution in [1.82, 2.24) is 9.97 Å². The standard InChI is InChI=1S/C15H15ClN4O2/c1-3-22-14(21)12-9-17-15(19-10(12)2)20-18-8-11-6-4-5-7-13(11)16/h4-9H,3H2,1-2H3,(H,17,19,20)/b18-8+. The smallest absolute Gasteiger partial charge is 0.341 e. The summed E-state index contributed by atoms with van der Waals surface area (Å²) in [7, 11) is 0. The van der Waals surface area contributed by atoms with E-state index in [1.54, 1.807) is 26.1 Å². The van der Waals surface area contributed by atoms with E-state index in [1.165, 1.54) is 6.20 Å². The second-order valence-electron chi connectivity index (χ2n) is 4.30. The van der Waals surface area contributed by atoms with Crippen LogP contribution in [0.5, 0.6) is 0 Å². The van der Waals surface area contributed by atoms with Gasteiger partial charge in [-0.15, -0.1) is 0 Å². The third kappa shape index (κ3) is 4.02. The lowest BCUT2D eigenvalue weighted by molar-refractivity contribution is 0.0524. The quantitative estimate of drug-likeness (QED) is 0.521. The average Bonchev–Trinajstić information content (AvgIpc) is 2.49. The number of nitrogens with one attached hydrogen (secondary N) is 1. The van der Waals surface area contributed by atoms with E-state index >= 15 is 0 Å². The Kier molecular flexibility index (Phi) is 5.43. The molecule has 1 aromatic carbocycles. The molecule has 0 spiro atoms. The Labute approximate surface area is 133 Å².